The summed E-state index contributed by atoms with van der Waals surface area (Å²) >= 11 is 1.58. The quantitative estimate of drug-likeness (QED) is 0.876. The minimum Gasteiger partial charge on any atom is -0.391 e. The van der Waals surface area contributed by atoms with E-state index in [1.807, 2.05) is 30.3 Å². The topological polar surface area (TPSA) is 36.4 Å². The predicted molar refractivity (Wildman–Crippen MR) is 81.7 cm³/mol. The van der Waals surface area contributed by atoms with Crippen LogP contribution in [0.15, 0.2) is 30.3 Å². The Hall–Kier alpha value is -1.39. The second-order valence-electron chi connectivity index (χ2n) is 4.57. The Morgan fingerprint density at radius 2 is 2.00 bits per heavy atom. The van der Waals surface area contributed by atoms with Crippen molar-refractivity contribution in [3.8, 4) is 11.3 Å². The molecule has 1 aromatic heterocycles. The van der Waals surface area contributed by atoms with E-state index in [-0.39, 0.29) is 6.61 Å². The number of nitrogens with zero attached hydrogens (tertiary/aromatic N) is 2. The number of aromatic nitrogens is 1. The molecule has 0 aliphatic carbocycles. The van der Waals surface area contributed by atoms with Crippen LogP contribution >= 0.6 is 11.3 Å². The van der Waals surface area contributed by atoms with Crippen molar-refractivity contribution in [2.75, 3.05) is 18.5 Å². The molecule has 0 fully saturated rings. The Kier molecular flexibility index (Phi) is 4.93. The zero-order chi connectivity index (χ0) is 13.7. The Morgan fingerprint density at radius 3 is 2.63 bits per heavy atom. The molecule has 19 heavy (non-hydrogen) atoms. The fourth-order valence-corrected chi connectivity index (χ4v) is 2.85. The van der Waals surface area contributed by atoms with Gasteiger partial charge in [-0.25, -0.2) is 4.98 Å². The fourth-order valence-electron chi connectivity index (χ4n) is 1.92. The molecule has 3 nitrogen and oxygen atoms in total. The van der Waals surface area contributed by atoms with Gasteiger partial charge in [0.1, 0.15) is 0 Å². The maximum absolute atomic E-state index is 9.50. The highest BCUT2D eigenvalue weighted by atomic mass is 32.1. The molecule has 1 heterocycles. The zero-order valence-corrected chi connectivity index (χ0v) is 12.3. The molecule has 0 unspecified atom stereocenters. The van der Waals surface area contributed by atoms with Crippen LogP contribution in [-0.2, 0) is 6.61 Å². The summed E-state index contributed by atoms with van der Waals surface area (Å²) in [6, 6.07) is 10.0. The van der Waals surface area contributed by atoms with Crippen molar-refractivity contribution in [3.63, 3.8) is 0 Å². The van der Waals surface area contributed by atoms with Crippen LogP contribution in [0, 0.1) is 0 Å². The maximum atomic E-state index is 9.50. The van der Waals surface area contributed by atoms with E-state index in [2.05, 4.69) is 23.9 Å². The van der Waals surface area contributed by atoms with Crippen LogP contribution in [0.4, 0.5) is 5.13 Å². The van der Waals surface area contributed by atoms with Gasteiger partial charge in [0.2, 0.25) is 0 Å². The minimum absolute atomic E-state index is 0.0452. The normalized spacial score (nSPS) is 10.7. The second-order valence-corrected chi connectivity index (χ2v) is 5.63. The Bertz CT molecular complexity index is 510. The first-order valence-corrected chi connectivity index (χ1v) is 7.45. The average Bonchev–Trinajstić information content (AvgIpc) is 2.90. The minimum atomic E-state index is 0.0452. The van der Waals surface area contributed by atoms with Crippen molar-refractivity contribution >= 4 is 16.5 Å². The standard InChI is InChI=1S/C15H20N2OS/c1-3-4-10-17(2)15-16-14(13(11-18)19-15)12-8-6-5-7-9-12/h5-9,18H,3-4,10-11H2,1-2H3. The first-order chi connectivity index (χ1) is 9.26. The molecule has 0 saturated heterocycles. The van der Waals surface area contributed by atoms with Gasteiger partial charge in [-0.3, -0.25) is 0 Å². The van der Waals surface area contributed by atoms with Crippen LogP contribution in [-0.4, -0.2) is 23.7 Å². The predicted octanol–water partition coefficient (Wildman–Crippen LogP) is 3.54. The maximum Gasteiger partial charge on any atom is 0.185 e. The summed E-state index contributed by atoms with van der Waals surface area (Å²) in [4.78, 5) is 7.79. The molecule has 0 bridgehead atoms. The molecule has 0 saturated carbocycles. The van der Waals surface area contributed by atoms with Crippen molar-refractivity contribution in [2.24, 2.45) is 0 Å². The molecule has 2 aromatic rings. The van der Waals surface area contributed by atoms with Gasteiger partial charge in [0, 0.05) is 19.2 Å². The lowest BCUT2D eigenvalue weighted by atomic mass is 10.1. The largest absolute Gasteiger partial charge is 0.391 e. The van der Waals surface area contributed by atoms with Gasteiger partial charge in [-0.05, 0) is 6.42 Å². The molecule has 102 valence electrons. The molecular weight excluding hydrogens is 256 g/mol. The number of anilines is 1. The number of aliphatic hydroxyl groups excluding tert-OH is 1. The third kappa shape index (κ3) is 3.33. The summed E-state index contributed by atoms with van der Waals surface area (Å²) < 4.78 is 0. The highest BCUT2D eigenvalue weighted by Gasteiger charge is 2.14. The molecule has 4 heteroatoms. The Morgan fingerprint density at radius 1 is 1.26 bits per heavy atom. The molecule has 0 aliphatic rings. The second kappa shape index (κ2) is 6.68. The van der Waals surface area contributed by atoms with E-state index in [4.69, 9.17) is 0 Å². The van der Waals surface area contributed by atoms with Gasteiger partial charge < -0.3 is 10.0 Å². The van der Waals surface area contributed by atoms with Crippen molar-refractivity contribution in [2.45, 2.75) is 26.4 Å². The van der Waals surface area contributed by atoms with Crippen molar-refractivity contribution in [1.29, 1.82) is 0 Å². The van der Waals surface area contributed by atoms with Crippen LogP contribution < -0.4 is 4.90 Å². The van der Waals surface area contributed by atoms with Gasteiger partial charge >= 0.3 is 0 Å². The molecule has 0 spiro atoms. The lowest BCUT2D eigenvalue weighted by Crippen LogP contribution is -2.17. The Labute approximate surface area is 118 Å². The molecule has 0 aliphatic heterocycles. The van der Waals surface area contributed by atoms with Gasteiger partial charge in [0.05, 0.1) is 17.2 Å². The van der Waals surface area contributed by atoms with E-state index in [1.165, 1.54) is 6.42 Å². The van der Waals surface area contributed by atoms with Gasteiger partial charge in [-0.15, -0.1) is 0 Å². The summed E-state index contributed by atoms with van der Waals surface area (Å²) in [6.07, 6.45) is 2.33. The number of aliphatic hydroxyl groups is 1. The molecule has 2 rings (SSSR count). The number of unbranched alkanes of at least 4 members (excludes halogenated alkanes) is 1. The van der Waals surface area contributed by atoms with Crippen LogP contribution in [0.25, 0.3) is 11.3 Å². The number of hydrogen-bond acceptors (Lipinski definition) is 4. The molecule has 1 aromatic carbocycles. The summed E-state index contributed by atoms with van der Waals surface area (Å²) in [5, 5.41) is 10.5. The highest BCUT2D eigenvalue weighted by Crippen LogP contribution is 2.32. The highest BCUT2D eigenvalue weighted by molar-refractivity contribution is 7.16. The third-order valence-corrected chi connectivity index (χ3v) is 4.20. The molecular formula is C15H20N2OS. The molecule has 1 N–H and O–H groups in total. The Balaban J connectivity index is 2.27. The lowest BCUT2D eigenvalue weighted by Gasteiger charge is -2.14. The monoisotopic (exact) mass is 276 g/mol. The number of thiazole rings is 1. The first-order valence-electron chi connectivity index (χ1n) is 6.63. The van der Waals surface area contributed by atoms with Gasteiger partial charge in [-0.1, -0.05) is 55.0 Å². The fraction of sp³-hybridized carbons (Fsp3) is 0.400. The first kappa shape index (κ1) is 14.0. The lowest BCUT2D eigenvalue weighted by molar-refractivity contribution is 0.286. The van der Waals surface area contributed by atoms with E-state index in [0.29, 0.717) is 0 Å². The molecule has 0 amide bonds. The zero-order valence-electron chi connectivity index (χ0n) is 11.5. The van der Waals surface area contributed by atoms with Gasteiger partial charge in [0.25, 0.3) is 0 Å². The average molecular weight is 276 g/mol. The molecule has 0 radical (unpaired) electrons. The number of benzene rings is 1. The van der Waals surface area contributed by atoms with Gasteiger partial charge in [0.15, 0.2) is 5.13 Å². The van der Waals surface area contributed by atoms with Crippen LogP contribution in [0.5, 0.6) is 0 Å². The summed E-state index contributed by atoms with van der Waals surface area (Å²) in [7, 11) is 2.06. The van der Waals surface area contributed by atoms with Crippen molar-refractivity contribution < 1.29 is 5.11 Å². The van der Waals surface area contributed by atoms with Crippen molar-refractivity contribution in [1.82, 2.24) is 4.98 Å². The third-order valence-electron chi connectivity index (χ3n) is 3.05. The number of rotatable bonds is 6. The van der Waals surface area contributed by atoms with Crippen LogP contribution in [0.3, 0.4) is 0 Å². The van der Waals surface area contributed by atoms with E-state index < -0.39 is 0 Å². The van der Waals surface area contributed by atoms with Crippen LogP contribution in [0.2, 0.25) is 0 Å². The van der Waals surface area contributed by atoms with E-state index >= 15 is 0 Å². The summed E-state index contributed by atoms with van der Waals surface area (Å²) in [6.45, 7) is 3.23. The van der Waals surface area contributed by atoms with Crippen molar-refractivity contribution in [3.05, 3.63) is 35.2 Å². The molecule has 0 atom stereocenters. The van der Waals surface area contributed by atoms with E-state index in [9.17, 15) is 5.11 Å². The van der Waals surface area contributed by atoms with Crippen LogP contribution in [0.1, 0.15) is 24.6 Å². The summed E-state index contributed by atoms with van der Waals surface area (Å²) in [5.41, 5.74) is 1.98. The number of hydrogen-bond donors (Lipinski definition) is 1. The smallest absolute Gasteiger partial charge is 0.185 e. The SMILES string of the molecule is CCCCN(C)c1nc(-c2ccccc2)c(CO)s1. The van der Waals surface area contributed by atoms with Gasteiger partial charge in [-0.2, -0.15) is 0 Å². The summed E-state index contributed by atoms with van der Waals surface area (Å²) in [5.74, 6) is 0. The van der Waals surface area contributed by atoms with E-state index in [0.717, 1.165) is 34.2 Å². The van der Waals surface area contributed by atoms with E-state index in [1.54, 1.807) is 11.3 Å².